The maximum atomic E-state index is 13.0. The molecule has 10 heteroatoms. The topological polar surface area (TPSA) is 86.1 Å². The van der Waals surface area contributed by atoms with Crippen LogP contribution in [0.15, 0.2) is 16.6 Å². The number of hydrogen-bond acceptors (Lipinski definition) is 8. The summed E-state index contributed by atoms with van der Waals surface area (Å²) in [5.74, 6) is 0.457. The molecule has 35 heavy (non-hydrogen) atoms. The van der Waals surface area contributed by atoms with Crippen molar-refractivity contribution in [3.8, 4) is 11.4 Å². The number of aromatic nitrogens is 3. The first-order chi connectivity index (χ1) is 16.9. The Morgan fingerprint density at radius 3 is 2.66 bits per heavy atom. The molecule has 0 saturated heterocycles. The quantitative estimate of drug-likeness (QED) is 0.267. The van der Waals surface area contributed by atoms with Gasteiger partial charge < -0.3 is 10.1 Å². The Hall–Kier alpha value is -2.17. The SMILES string of the molecule is CCc1cc(-c2nnc(SCC(=O)Nc3sc4c(c3C(=O)OC)CCCCCC4)n2C(C)C)cs1. The summed E-state index contributed by atoms with van der Waals surface area (Å²) in [7, 11) is 1.39. The smallest absolute Gasteiger partial charge is 0.341 e. The molecule has 3 heterocycles. The van der Waals surface area contributed by atoms with Crippen molar-refractivity contribution in [2.75, 3.05) is 18.2 Å². The average Bonchev–Trinajstić information content (AvgIpc) is 3.54. The molecule has 7 nitrogen and oxygen atoms in total. The molecular weight excluding hydrogens is 501 g/mol. The van der Waals surface area contributed by atoms with E-state index in [1.54, 1.807) is 11.3 Å². The number of nitrogens with zero attached hydrogens (tertiary/aromatic N) is 3. The van der Waals surface area contributed by atoms with E-state index in [4.69, 9.17) is 4.74 Å². The molecule has 1 N–H and O–H groups in total. The summed E-state index contributed by atoms with van der Waals surface area (Å²) in [5, 5.41) is 15.2. The van der Waals surface area contributed by atoms with Crippen LogP contribution in [0.3, 0.4) is 0 Å². The van der Waals surface area contributed by atoms with Gasteiger partial charge in [-0.3, -0.25) is 9.36 Å². The molecule has 3 aromatic heterocycles. The van der Waals surface area contributed by atoms with Crippen LogP contribution in [0.5, 0.6) is 0 Å². The van der Waals surface area contributed by atoms with Crippen molar-refractivity contribution in [2.45, 2.75) is 76.9 Å². The lowest BCUT2D eigenvalue weighted by Gasteiger charge is -2.13. The monoisotopic (exact) mass is 532 g/mol. The zero-order chi connectivity index (χ0) is 24.9. The van der Waals surface area contributed by atoms with Crippen molar-refractivity contribution < 1.29 is 14.3 Å². The second-order valence-corrected chi connectivity index (χ2v) is 11.9. The molecule has 0 radical (unpaired) electrons. The van der Waals surface area contributed by atoms with Crippen molar-refractivity contribution in [1.29, 1.82) is 0 Å². The number of anilines is 1. The number of nitrogens with one attached hydrogen (secondary N) is 1. The maximum absolute atomic E-state index is 13.0. The molecular formula is C25H32N4O3S3. The van der Waals surface area contributed by atoms with E-state index in [2.05, 4.69) is 52.3 Å². The van der Waals surface area contributed by atoms with Crippen LogP contribution >= 0.6 is 34.4 Å². The fourth-order valence-corrected chi connectivity index (χ4v) is 7.31. The van der Waals surface area contributed by atoms with E-state index in [1.807, 2.05) is 0 Å². The van der Waals surface area contributed by atoms with Crippen LogP contribution in [0.2, 0.25) is 0 Å². The minimum absolute atomic E-state index is 0.151. The Morgan fingerprint density at radius 1 is 1.20 bits per heavy atom. The van der Waals surface area contributed by atoms with Gasteiger partial charge in [0.15, 0.2) is 11.0 Å². The van der Waals surface area contributed by atoms with E-state index in [0.29, 0.717) is 15.7 Å². The van der Waals surface area contributed by atoms with Crippen LogP contribution < -0.4 is 5.32 Å². The van der Waals surface area contributed by atoms with Crippen molar-refractivity contribution in [3.05, 3.63) is 32.3 Å². The van der Waals surface area contributed by atoms with Crippen LogP contribution in [-0.4, -0.2) is 39.5 Å². The molecule has 4 rings (SSSR count). The second-order valence-electron chi connectivity index (χ2n) is 8.88. The number of esters is 1. The lowest BCUT2D eigenvalue weighted by Crippen LogP contribution is -2.17. The third-order valence-electron chi connectivity index (χ3n) is 6.09. The zero-order valence-electron chi connectivity index (χ0n) is 20.7. The number of fused-ring (bicyclic) bond motifs is 1. The molecule has 0 aromatic carbocycles. The average molecular weight is 533 g/mol. The van der Waals surface area contributed by atoms with Crippen molar-refractivity contribution >= 4 is 51.3 Å². The normalized spacial score (nSPS) is 13.9. The minimum Gasteiger partial charge on any atom is -0.465 e. The number of thiophene rings is 2. The standard InChI is InChI=1S/C25H32N4O3S3/c1-5-17-12-16(13-33-17)22-27-28-25(29(22)15(2)3)34-14-20(30)26-23-21(24(31)32-4)18-10-8-6-7-9-11-19(18)35-23/h12-13,15H,5-11,14H2,1-4H3,(H,26,30). The number of rotatable bonds is 8. The van der Waals surface area contributed by atoms with Gasteiger partial charge in [-0.15, -0.1) is 32.9 Å². The summed E-state index contributed by atoms with van der Waals surface area (Å²) < 4.78 is 7.15. The highest BCUT2D eigenvalue weighted by molar-refractivity contribution is 7.99. The molecule has 0 spiro atoms. The van der Waals surface area contributed by atoms with Gasteiger partial charge in [0.25, 0.3) is 0 Å². The molecule has 3 aromatic rings. The largest absolute Gasteiger partial charge is 0.465 e. The highest BCUT2D eigenvalue weighted by atomic mass is 32.2. The number of thioether (sulfide) groups is 1. The third-order valence-corrected chi connectivity index (χ3v) is 9.32. The number of hydrogen-bond donors (Lipinski definition) is 1. The molecule has 1 amide bonds. The Bertz CT molecular complexity index is 1190. The molecule has 1 aliphatic carbocycles. The van der Waals surface area contributed by atoms with E-state index in [1.165, 1.54) is 46.4 Å². The van der Waals surface area contributed by atoms with Gasteiger partial charge in [0, 0.05) is 26.7 Å². The minimum atomic E-state index is -0.377. The van der Waals surface area contributed by atoms with Crippen molar-refractivity contribution in [1.82, 2.24) is 14.8 Å². The summed E-state index contributed by atoms with van der Waals surface area (Å²) in [6.45, 7) is 6.32. The van der Waals surface area contributed by atoms with E-state index in [9.17, 15) is 9.59 Å². The molecule has 0 aliphatic heterocycles. The number of carbonyl (C=O) groups excluding carboxylic acids is 2. The molecule has 0 atom stereocenters. The Morgan fingerprint density at radius 2 is 1.97 bits per heavy atom. The Balaban J connectivity index is 1.51. The number of aryl methyl sites for hydroxylation is 2. The lowest BCUT2D eigenvalue weighted by atomic mass is 9.96. The summed E-state index contributed by atoms with van der Waals surface area (Å²) in [6.07, 6.45) is 7.30. The summed E-state index contributed by atoms with van der Waals surface area (Å²) in [6, 6.07) is 2.31. The van der Waals surface area contributed by atoms with Crippen LogP contribution in [-0.2, 0) is 28.8 Å². The Labute approximate surface area is 218 Å². The first-order valence-corrected chi connectivity index (χ1v) is 14.8. The predicted molar refractivity (Wildman–Crippen MR) is 144 cm³/mol. The lowest BCUT2D eigenvalue weighted by molar-refractivity contribution is -0.113. The highest BCUT2D eigenvalue weighted by Crippen LogP contribution is 2.38. The maximum Gasteiger partial charge on any atom is 0.341 e. The van der Waals surface area contributed by atoms with E-state index in [0.717, 1.165) is 55.5 Å². The van der Waals surface area contributed by atoms with Gasteiger partial charge in [-0.1, -0.05) is 31.5 Å². The molecule has 0 saturated carbocycles. The molecule has 0 unspecified atom stereocenters. The molecule has 188 valence electrons. The van der Waals surface area contributed by atoms with Crippen LogP contribution in [0.4, 0.5) is 5.00 Å². The number of methoxy groups -OCH3 is 1. The van der Waals surface area contributed by atoms with Gasteiger partial charge >= 0.3 is 5.97 Å². The fraction of sp³-hybridized carbons (Fsp3) is 0.520. The number of amides is 1. The summed E-state index contributed by atoms with van der Waals surface area (Å²) in [5.41, 5.74) is 2.64. The molecule has 1 aliphatic rings. The highest BCUT2D eigenvalue weighted by Gasteiger charge is 2.26. The van der Waals surface area contributed by atoms with Gasteiger partial charge in [-0.05, 0) is 57.6 Å². The third kappa shape index (κ3) is 5.81. The summed E-state index contributed by atoms with van der Waals surface area (Å²) in [4.78, 5) is 28.1. The summed E-state index contributed by atoms with van der Waals surface area (Å²) >= 11 is 4.60. The number of ether oxygens (including phenoxy) is 1. The predicted octanol–water partition coefficient (Wildman–Crippen LogP) is 6.39. The first-order valence-electron chi connectivity index (χ1n) is 12.1. The number of carbonyl (C=O) groups is 2. The van der Waals surface area contributed by atoms with Gasteiger partial charge in [0.05, 0.1) is 18.4 Å². The fourth-order valence-electron chi connectivity index (χ4n) is 4.34. The van der Waals surface area contributed by atoms with Gasteiger partial charge in [0.2, 0.25) is 5.91 Å². The zero-order valence-corrected chi connectivity index (χ0v) is 23.1. The van der Waals surface area contributed by atoms with Crippen LogP contribution in [0, 0.1) is 0 Å². The van der Waals surface area contributed by atoms with Crippen molar-refractivity contribution in [3.63, 3.8) is 0 Å². The molecule has 0 bridgehead atoms. The first kappa shape index (κ1) is 25.9. The Kier molecular flexibility index (Phi) is 8.67. The van der Waals surface area contributed by atoms with Crippen molar-refractivity contribution in [2.24, 2.45) is 0 Å². The van der Waals surface area contributed by atoms with Gasteiger partial charge in [-0.2, -0.15) is 0 Å². The van der Waals surface area contributed by atoms with Gasteiger partial charge in [-0.25, -0.2) is 4.79 Å². The molecule has 0 fully saturated rings. The van der Waals surface area contributed by atoms with Crippen LogP contribution in [0.25, 0.3) is 11.4 Å². The van der Waals surface area contributed by atoms with Crippen LogP contribution in [0.1, 0.15) is 78.2 Å². The second kappa shape index (κ2) is 11.7. The van der Waals surface area contributed by atoms with E-state index >= 15 is 0 Å². The van der Waals surface area contributed by atoms with E-state index in [-0.39, 0.29) is 23.7 Å². The van der Waals surface area contributed by atoms with Gasteiger partial charge in [0.1, 0.15) is 5.00 Å². The van der Waals surface area contributed by atoms with E-state index < -0.39 is 0 Å².